The number of rotatable bonds is 2. The number of nitrogens with one attached hydrogen (secondary N) is 1. The number of aryl methyl sites for hydroxylation is 1. The molecule has 1 N–H and O–H groups in total. The van der Waals surface area contributed by atoms with Crippen molar-refractivity contribution in [3.8, 4) is 0 Å². The highest BCUT2D eigenvalue weighted by molar-refractivity contribution is 6.01. The zero-order valence-electron chi connectivity index (χ0n) is 12.2. The van der Waals surface area contributed by atoms with E-state index in [9.17, 15) is 9.59 Å². The molecule has 4 nitrogen and oxygen atoms in total. The van der Waals surface area contributed by atoms with Crippen molar-refractivity contribution in [2.75, 3.05) is 11.4 Å². The maximum atomic E-state index is 12.4. The molecule has 0 aromatic heterocycles. The zero-order chi connectivity index (χ0) is 14.4. The lowest BCUT2D eigenvalue weighted by molar-refractivity contribution is -0.118. The van der Waals surface area contributed by atoms with E-state index < -0.39 is 0 Å². The summed E-state index contributed by atoms with van der Waals surface area (Å²) in [5, 5.41) is 3.16. The lowest BCUT2D eigenvalue weighted by atomic mass is 9.96. The summed E-state index contributed by atoms with van der Waals surface area (Å²) < 4.78 is 0. The molecule has 0 radical (unpaired) electrons. The van der Waals surface area contributed by atoms with Crippen LogP contribution in [-0.4, -0.2) is 24.4 Å². The normalized spacial score (nSPS) is 20.8. The molecule has 110 valence electrons. The van der Waals surface area contributed by atoms with Crippen LogP contribution in [0, 0.1) is 0 Å². The SMILES string of the molecule is O=C(NC1CCCC1)c1cc2c3c(c1)CCN3C(=O)CC2. The molecule has 2 aliphatic heterocycles. The van der Waals surface area contributed by atoms with Gasteiger partial charge in [0.25, 0.3) is 5.91 Å². The Labute approximate surface area is 124 Å². The maximum absolute atomic E-state index is 12.4. The van der Waals surface area contributed by atoms with Gasteiger partial charge in [-0.2, -0.15) is 0 Å². The van der Waals surface area contributed by atoms with Crippen LogP contribution in [0.5, 0.6) is 0 Å². The van der Waals surface area contributed by atoms with Crippen molar-refractivity contribution in [1.82, 2.24) is 5.32 Å². The second-order valence-corrected chi connectivity index (χ2v) is 6.39. The molecule has 3 aliphatic rings. The van der Waals surface area contributed by atoms with Gasteiger partial charge in [-0.05, 0) is 48.9 Å². The Balaban J connectivity index is 1.63. The summed E-state index contributed by atoms with van der Waals surface area (Å²) in [7, 11) is 0. The van der Waals surface area contributed by atoms with E-state index in [1.165, 1.54) is 18.4 Å². The minimum atomic E-state index is 0.0521. The van der Waals surface area contributed by atoms with Gasteiger partial charge in [0.15, 0.2) is 0 Å². The minimum Gasteiger partial charge on any atom is -0.349 e. The number of amides is 2. The van der Waals surface area contributed by atoms with Gasteiger partial charge in [0.2, 0.25) is 5.91 Å². The van der Waals surface area contributed by atoms with Crippen molar-refractivity contribution in [2.45, 2.75) is 51.0 Å². The van der Waals surface area contributed by atoms with Gasteiger partial charge in [0, 0.05) is 24.6 Å². The van der Waals surface area contributed by atoms with E-state index in [1.54, 1.807) is 0 Å². The highest BCUT2D eigenvalue weighted by atomic mass is 16.2. The number of nitrogens with zero attached hydrogens (tertiary/aromatic N) is 1. The Morgan fingerprint density at radius 2 is 1.81 bits per heavy atom. The maximum Gasteiger partial charge on any atom is 0.251 e. The van der Waals surface area contributed by atoms with Crippen LogP contribution in [0.1, 0.15) is 53.6 Å². The van der Waals surface area contributed by atoms with Crippen LogP contribution in [-0.2, 0) is 17.6 Å². The lowest BCUT2D eigenvalue weighted by Crippen LogP contribution is -2.34. The molecule has 1 saturated carbocycles. The number of anilines is 1. The topological polar surface area (TPSA) is 49.4 Å². The second kappa shape index (κ2) is 4.86. The van der Waals surface area contributed by atoms with E-state index in [4.69, 9.17) is 0 Å². The van der Waals surface area contributed by atoms with Crippen LogP contribution in [0.4, 0.5) is 5.69 Å². The fourth-order valence-corrected chi connectivity index (χ4v) is 3.93. The molecule has 0 unspecified atom stereocenters. The summed E-state index contributed by atoms with van der Waals surface area (Å²) in [6.45, 7) is 0.773. The number of hydrogen-bond donors (Lipinski definition) is 1. The van der Waals surface area contributed by atoms with Crippen LogP contribution in [0.15, 0.2) is 12.1 Å². The van der Waals surface area contributed by atoms with Gasteiger partial charge in [0.1, 0.15) is 0 Å². The Hall–Kier alpha value is -1.84. The average Bonchev–Trinajstić information content (AvgIpc) is 3.13. The van der Waals surface area contributed by atoms with E-state index in [1.807, 2.05) is 17.0 Å². The molecule has 1 aromatic carbocycles. The van der Waals surface area contributed by atoms with E-state index in [2.05, 4.69) is 5.32 Å². The van der Waals surface area contributed by atoms with Crippen molar-refractivity contribution < 1.29 is 9.59 Å². The van der Waals surface area contributed by atoms with Crippen LogP contribution < -0.4 is 10.2 Å². The Morgan fingerprint density at radius 3 is 2.57 bits per heavy atom. The predicted molar refractivity (Wildman–Crippen MR) is 80.5 cm³/mol. The highest BCUT2D eigenvalue weighted by Gasteiger charge is 2.32. The van der Waals surface area contributed by atoms with Crippen LogP contribution >= 0.6 is 0 Å². The Morgan fingerprint density at radius 1 is 1.10 bits per heavy atom. The molecule has 1 aliphatic carbocycles. The summed E-state index contributed by atoms with van der Waals surface area (Å²) >= 11 is 0. The highest BCUT2D eigenvalue weighted by Crippen LogP contribution is 2.37. The van der Waals surface area contributed by atoms with Gasteiger partial charge in [-0.25, -0.2) is 0 Å². The van der Waals surface area contributed by atoms with E-state index >= 15 is 0 Å². The number of carbonyl (C=O) groups excluding carboxylic acids is 2. The smallest absolute Gasteiger partial charge is 0.251 e. The van der Waals surface area contributed by atoms with Crippen molar-refractivity contribution in [3.05, 3.63) is 28.8 Å². The fraction of sp³-hybridized carbons (Fsp3) is 0.529. The molecule has 0 bridgehead atoms. The fourth-order valence-electron chi connectivity index (χ4n) is 3.93. The summed E-state index contributed by atoms with van der Waals surface area (Å²) in [6.07, 6.45) is 6.85. The predicted octanol–water partition coefficient (Wildman–Crippen LogP) is 2.19. The molecular weight excluding hydrogens is 264 g/mol. The second-order valence-electron chi connectivity index (χ2n) is 6.39. The third kappa shape index (κ3) is 2.13. The third-order valence-corrected chi connectivity index (χ3v) is 5.00. The van der Waals surface area contributed by atoms with E-state index in [0.717, 1.165) is 49.0 Å². The van der Waals surface area contributed by atoms with Crippen molar-refractivity contribution in [3.63, 3.8) is 0 Å². The minimum absolute atomic E-state index is 0.0521. The van der Waals surface area contributed by atoms with E-state index in [0.29, 0.717) is 12.5 Å². The summed E-state index contributed by atoms with van der Waals surface area (Å²) in [4.78, 5) is 26.3. The zero-order valence-corrected chi connectivity index (χ0v) is 12.2. The lowest BCUT2D eigenvalue weighted by Gasteiger charge is -2.25. The molecule has 0 atom stereocenters. The number of hydrogen-bond acceptors (Lipinski definition) is 2. The molecule has 1 aromatic rings. The van der Waals surface area contributed by atoms with Crippen LogP contribution in [0.2, 0.25) is 0 Å². The van der Waals surface area contributed by atoms with Crippen LogP contribution in [0.3, 0.4) is 0 Å². The molecule has 2 amide bonds. The largest absolute Gasteiger partial charge is 0.349 e. The molecule has 4 rings (SSSR count). The molecule has 0 spiro atoms. The van der Waals surface area contributed by atoms with Crippen LogP contribution in [0.25, 0.3) is 0 Å². The molecule has 0 saturated heterocycles. The summed E-state index contributed by atoms with van der Waals surface area (Å²) in [6, 6.07) is 4.33. The third-order valence-electron chi connectivity index (χ3n) is 5.00. The number of carbonyl (C=O) groups is 2. The van der Waals surface area contributed by atoms with Crippen molar-refractivity contribution in [1.29, 1.82) is 0 Å². The Kier molecular flexibility index (Phi) is 2.98. The van der Waals surface area contributed by atoms with Gasteiger partial charge in [-0.1, -0.05) is 12.8 Å². The molecule has 21 heavy (non-hydrogen) atoms. The summed E-state index contributed by atoms with van der Waals surface area (Å²) in [5.74, 6) is 0.278. The standard InChI is InChI=1S/C17H20N2O2/c20-15-6-5-11-9-13(10-12-7-8-19(15)16(11)12)17(21)18-14-3-1-2-4-14/h9-10,14H,1-8H2,(H,18,21). The molecule has 4 heteroatoms. The van der Waals surface area contributed by atoms with Gasteiger partial charge >= 0.3 is 0 Å². The van der Waals surface area contributed by atoms with Crippen molar-refractivity contribution in [2.24, 2.45) is 0 Å². The quantitative estimate of drug-likeness (QED) is 0.905. The van der Waals surface area contributed by atoms with Gasteiger partial charge in [-0.15, -0.1) is 0 Å². The van der Waals surface area contributed by atoms with Gasteiger partial charge < -0.3 is 10.2 Å². The average molecular weight is 284 g/mol. The first-order valence-corrected chi connectivity index (χ1v) is 7.99. The van der Waals surface area contributed by atoms with Crippen molar-refractivity contribution >= 4 is 17.5 Å². The summed E-state index contributed by atoms with van der Waals surface area (Å²) in [5.41, 5.74) is 4.19. The first-order valence-electron chi connectivity index (χ1n) is 7.99. The Bertz CT molecular complexity index is 617. The molecule has 2 heterocycles. The number of benzene rings is 1. The first kappa shape index (κ1) is 12.9. The first-order chi connectivity index (χ1) is 10.2. The van der Waals surface area contributed by atoms with E-state index in [-0.39, 0.29) is 11.8 Å². The molecular formula is C17H20N2O2. The monoisotopic (exact) mass is 284 g/mol. The van der Waals surface area contributed by atoms with Gasteiger partial charge in [0.05, 0.1) is 5.69 Å². The molecule has 1 fully saturated rings. The van der Waals surface area contributed by atoms with Gasteiger partial charge in [-0.3, -0.25) is 9.59 Å².